The summed E-state index contributed by atoms with van der Waals surface area (Å²) >= 11 is 0. The molecule has 6 heterocycles. The van der Waals surface area contributed by atoms with Crippen molar-refractivity contribution in [1.82, 2.24) is 8.80 Å². The van der Waals surface area contributed by atoms with Crippen molar-refractivity contribution < 1.29 is 22.5 Å². The standard InChI is InChI=1S/C66H38N4O2/c1-3-17-39(18-4-1)67(55-33-13-25-45-41-21-7-9-35-59(41)71-65(45)55)51-29-15-31-53-61(51)47-27-11-23-43-49-38-58-50(37-57(49)69(53)63(43)47)44-24-12-28-48-62-52(30-16-32-54(62)70(58)64(44)48)68(40-19-5-2-6-20-40)56-34-14-26-46-42-22-8-10-36-60(42)72-66(46)56/h1-38H/i1D,2D,3D,4D,5D,6D,17D,18D,19D,20D. The summed E-state index contributed by atoms with van der Waals surface area (Å²) in [5, 5.41) is 10.8. The second-order valence-electron chi connectivity index (χ2n) is 18.4. The summed E-state index contributed by atoms with van der Waals surface area (Å²) in [6, 6.07) is 51.7. The van der Waals surface area contributed by atoms with Gasteiger partial charge in [-0.05, 0) is 84.8 Å². The van der Waals surface area contributed by atoms with Crippen LogP contribution in [0.1, 0.15) is 13.7 Å². The molecule has 11 aromatic carbocycles. The molecule has 0 amide bonds. The number of benzene rings is 11. The summed E-state index contributed by atoms with van der Waals surface area (Å²) in [5.41, 5.74) is 10.1. The summed E-state index contributed by atoms with van der Waals surface area (Å²) in [7, 11) is 0. The van der Waals surface area contributed by atoms with Crippen LogP contribution < -0.4 is 9.80 Å². The molecule has 0 aliphatic heterocycles. The van der Waals surface area contributed by atoms with Crippen molar-refractivity contribution in [2.24, 2.45) is 0 Å². The monoisotopic (exact) mass is 928 g/mol. The highest BCUT2D eigenvalue weighted by molar-refractivity contribution is 6.31. The molecular weight excluding hydrogens is 881 g/mol. The van der Waals surface area contributed by atoms with Gasteiger partial charge in [-0.2, -0.15) is 0 Å². The Kier molecular flexibility index (Phi) is 5.80. The Labute approximate surface area is 424 Å². The number of anilines is 6. The molecule has 0 aliphatic carbocycles. The highest BCUT2D eigenvalue weighted by Crippen LogP contribution is 2.52. The molecule has 0 N–H and O–H groups in total. The largest absolute Gasteiger partial charge is 0.454 e. The third-order valence-corrected chi connectivity index (χ3v) is 14.9. The number of aromatic nitrogens is 2. The maximum absolute atomic E-state index is 9.41. The summed E-state index contributed by atoms with van der Waals surface area (Å²) in [6.07, 6.45) is 0. The number of rotatable bonds is 6. The number of furan rings is 2. The van der Waals surface area contributed by atoms with Crippen molar-refractivity contribution in [3.63, 3.8) is 0 Å². The summed E-state index contributed by atoms with van der Waals surface area (Å²) in [4.78, 5) is 3.55. The Morgan fingerprint density at radius 3 is 1.17 bits per heavy atom. The van der Waals surface area contributed by atoms with Crippen molar-refractivity contribution in [3.8, 4) is 0 Å². The van der Waals surface area contributed by atoms with Crippen LogP contribution in [-0.4, -0.2) is 8.80 Å². The van der Waals surface area contributed by atoms with Gasteiger partial charge in [-0.1, -0.05) is 145 Å². The number of para-hydroxylation sites is 8. The van der Waals surface area contributed by atoms with Crippen LogP contribution >= 0.6 is 0 Å². The summed E-state index contributed by atoms with van der Waals surface area (Å²) < 4.78 is 108. The molecule has 0 radical (unpaired) electrons. The second kappa shape index (κ2) is 13.9. The zero-order chi connectivity index (χ0) is 55.5. The maximum atomic E-state index is 9.41. The van der Waals surface area contributed by atoms with Crippen molar-refractivity contribution in [3.05, 3.63) is 230 Å². The molecule has 0 fully saturated rings. The maximum Gasteiger partial charge on any atom is 0.159 e. The van der Waals surface area contributed by atoms with Crippen molar-refractivity contribution in [1.29, 1.82) is 0 Å². The average molecular weight is 929 g/mol. The van der Waals surface area contributed by atoms with E-state index >= 15 is 0 Å². The molecule has 6 heteroatoms. The molecule has 0 saturated carbocycles. The van der Waals surface area contributed by atoms with Gasteiger partial charge in [-0.25, -0.2) is 0 Å². The van der Waals surface area contributed by atoms with Crippen LogP contribution in [0.4, 0.5) is 34.1 Å². The molecule has 0 atom stereocenters. The third-order valence-electron chi connectivity index (χ3n) is 14.9. The average Bonchev–Trinajstić information content (AvgIpc) is 2.28. The number of nitrogens with zero attached hydrogens (tertiary/aromatic N) is 4. The molecule has 334 valence electrons. The van der Waals surface area contributed by atoms with Crippen LogP contribution in [0.2, 0.25) is 0 Å². The Bertz CT molecular complexity index is 5300. The van der Waals surface area contributed by atoms with Crippen LogP contribution in [0.15, 0.2) is 239 Å². The van der Waals surface area contributed by atoms with E-state index < -0.39 is 36.3 Å². The number of fused-ring (bicyclic) bond motifs is 18. The first kappa shape index (κ1) is 30.0. The Hall–Kier alpha value is -9.78. The Balaban J connectivity index is 0.940. The van der Waals surface area contributed by atoms with Crippen LogP contribution in [0.25, 0.3) is 120 Å². The Morgan fingerprint density at radius 2 is 0.694 bits per heavy atom. The smallest absolute Gasteiger partial charge is 0.159 e. The molecule has 6 aromatic heterocycles. The number of hydrogen-bond acceptors (Lipinski definition) is 4. The first-order valence-electron chi connectivity index (χ1n) is 28.8. The third kappa shape index (κ3) is 4.87. The van der Waals surface area contributed by atoms with Gasteiger partial charge in [0.2, 0.25) is 0 Å². The fourth-order valence-corrected chi connectivity index (χ4v) is 12.1. The van der Waals surface area contributed by atoms with Gasteiger partial charge >= 0.3 is 0 Å². The van der Waals surface area contributed by atoms with Gasteiger partial charge in [0.1, 0.15) is 11.2 Å². The molecule has 17 rings (SSSR count). The highest BCUT2D eigenvalue weighted by atomic mass is 16.3. The normalized spacial score (nSPS) is 14.4. The Morgan fingerprint density at radius 1 is 0.319 bits per heavy atom. The molecule has 0 saturated heterocycles. The molecule has 17 aromatic rings. The van der Waals surface area contributed by atoms with E-state index in [0.717, 1.165) is 97.7 Å². The quantitative estimate of drug-likeness (QED) is 0.167. The predicted octanol–water partition coefficient (Wildman–Crippen LogP) is 18.7. The molecule has 0 aliphatic rings. The minimum Gasteiger partial charge on any atom is -0.454 e. The highest BCUT2D eigenvalue weighted by Gasteiger charge is 2.28. The lowest BCUT2D eigenvalue weighted by molar-refractivity contribution is 0.669. The first-order valence-corrected chi connectivity index (χ1v) is 23.8. The van der Waals surface area contributed by atoms with Crippen LogP contribution in [0, 0.1) is 0 Å². The van der Waals surface area contributed by atoms with Gasteiger partial charge in [0.25, 0.3) is 0 Å². The summed E-state index contributed by atoms with van der Waals surface area (Å²) in [6.45, 7) is 0. The minimum atomic E-state index is -0.485. The molecule has 0 unspecified atom stereocenters. The van der Waals surface area contributed by atoms with Gasteiger partial charge in [0.15, 0.2) is 11.2 Å². The molecule has 6 nitrogen and oxygen atoms in total. The van der Waals surface area contributed by atoms with Crippen LogP contribution in [0.3, 0.4) is 0 Å². The van der Waals surface area contributed by atoms with Gasteiger partial charge in [-0.3, -0.25) is 0 Å². The number of hydrogen-bond donors (Lipinski definition) is 0. The van der Waals surface area contributed by atoms with E-state index in [9.17, 15) is 5.48 Å². The lowest BCUT2D eigenvalue weighted by Crippen LogP contribution is -2.10. The molecule has 72 heavy (non-hydrogen) atoms. The van der Waals surface area contributed by atoms with E-state index in [-0.39, 0.29) is 35.5 Å². The topological polar surface area (TPSA) is 41.6 Å². The molecular formula is C66H38N4O2. The fraction of sp³-hybridized carbons (Fsp3) is 0. The van der Waals surface area contributed by atoms with Crippen molar-refractivity contribution in [2.45, 2.75) is 0 Å². The van der Waals surface area contributed by atoms with Crippen molar-refractivity contribution >= 4 is 154 Å². The molecule has 0 spiro atoms. The zero-order valence-corrected chi connectivity index (χ0v) is 37.8. The first-order chi connectivity index (χ1) is 39.9. The van der Waals surface area contributed by atoms with Crippen LogP contribution in [-0.2, 0) is 0 Å². The minimum absolute atomic E-state index is 0.00722. The van der Waals surface area contributed by atoms with Crippen molar-refractivity contribution in [2.75, 3.05) is 9.80 Å². The van der Waals surface area contributed by atoms with E-state index in [2.05, 4.69) is 57.3 Å². The van der Waals surface area contributed by atoms with E-state index in [1.807, 2.05) is 121 Å². The fourth-order valence-electron chi connectivity index (χ4n) is 12.1. The van der Waals surface area contributed by atoms with Crippen LogP contribution in [0.5, 0.6) is 0 Å². The lowest BCUT2D eigenvalue weighted by Gasteiger charge is -2.26. The predicted molar refractivity (Wildman–Crippen MR) is 300 cm³/mol. The van der Waals surface area contributed by atoms with E-state index in [1.165, 1.54) is 0 Å². The molecule has 0 bridgehead atoms. The van der Waals surface area contributed by atoms with Gasteiger partial charge in [-0.15, -0.1) is 0 Å². The van der Waals surface area contributed by atoms with E-state index in [1.54, 1.807) is 9.80 Å². The van der Waals surface area contributed by atoms with Gasteiger partial charge < -0.3 is 27.4 Å². The van der Waals surface area contributed by atoms with E-state index in [0.29, 0.717) is 45.1 Å². The second-order valence-corrected chi connectivity index (χ2v) is 18.4. The van der Waals surface area contributed by atoms with Gasteiger partial charge in [0, 0.05) is 76.0 Å². The van der Waals surface area contributed by atoms with E-state index in [4.69, 9.17) is 17.1 Å². The van der Waals surface area contributed by atoms with Gasteiger partial charge in [0.05, 0.1) is 69.6 Å². The zero-order valence-electron chi connectivity index (χ0n) is 47.8. The SMILES string of the molecule is [2H]c1c([2H])c([2H])c(N(c2cccc3c2oc2ccccc23)c2cccc3c2c2cccc4c5cc6c(cc5n3c42)c2cccc3c4c(N(c5c([2H])c([2H])c([2H])c([2H])c5[2H])c5cccc7c5oc5ccccc57)cccc4n6c23)c([2H])c1[2H]. The lowest BCUT2D eigenvalue weighted by atomic mass is 10.0. The summed E-state index contributed by atoms with van der Waals surface area (Å²) in [5.74, 6) is 0.